The molecule has 0 unspecified atom stereocenters. The Bertz CT molecular complexity index is 1010. The summed E-state index contributed by atoms with van der Waals surface area (Å²) in [6, 6.07) is 17.2. The van der Waals surface area contributed by atoms with E-state index in [9.17, 15) is 18.4 Å². The first kappa shape index (κ1) is 20.7. The van der Waals surface area contributed by atoms with Crippen molar-refractivity contribution in [1.82, 2.24) is 0 Å². The maximum Gasteiger partial charge on any atom is 0.411 e. The molecule has 3 aromatic rings. The van der Waals surface area contributed by atoms with E-state index in [4.69, 9.17) is 9.84 Å². The number of carboxylic acid groups (broad SMARTS) is 1. The Hall–Kier alpha value is -4.00. The van der Waals surface area contributed by atoms with Crippen molar-refractivity contribution in [1.29, 1.82) is 0 Å². The predicted octanol–water partition coefficient (Wildman–Crippen LogP) is 5.34. The number of hydrogen-bond acceptors (Lipinski definition) is 3. The molecule has 0 bridgehead atoms. The summed E-state index contributed by atoms with van der Waals surface area (Å²) in [4.78, 5) is 22.8. The van der Waals surface area contributed by atoms with Crippen LogP contribution in [0.25, 0.3) is 5.57 Å². The third-order valence-corrected chi connectivity index (χ3v) is 4.19. The van der Waals surface area contributed by atoms with Crippen molar-refractivity contribution in [3.05, 3.63) is 107 Å². The van der Waals surface area contributed by atoms with Gasteiger partial charge in [-0.3, -0.25) is 5.32 Å². The van der Waals surface area contributed by atoms with Crippen molar-refractivity contribution in [2.24, 2.45) is 0 Å². The highest BCUT2D eigenvalue weighted by Crippen LogP contribution is 2.24. The Kier molecular flexibility index (Phi) is 6.54. The second-order valence-electron chi connectivity index (χ2n) is 6.24. The molecule has 0 heterocycles. The number of carbonyl (C=O) groups is 2. The molecule has 0 atom stereocenters. The van der Waals surface area contributed by atoms with Crippen LogP contribution < -0.4 is 5.32 Å². The second-order valence-corrected chi connectivity index (χ2v) is 6.24. The van der Waals surface area contributed by atoms with Crippen molar-refractivity contribution >= 4 is 23.3 Å². The van der Waals surface area contributed by atoms with Gasteiger partial charge in [0.2, 0.25) is 0 Å². The minimum Gasteiger partial charge on any atom is -0.478 e. The van der Waals surface area contributed by atoms with Gasteiger partial charge < -0.3 is 9.84 Å². The van der Waals surface area contributed by atoms with E-state index in [0.717, 1.165) is 0 Å². The Labute approximate surface area is 171 Å². The Morgan fingerprint density at radius 3 is 1.73 bits per heavy atom. The summed E-state index contributed by atoms with van der Waals surface area (Å²) in [6.45, 7) is -0.0941. The van der Waals surface area contributed by atoms with Crippen molar-refractivity contribution in [2.45, 2.75) is 0 Å². The molecule has 152 valence electrons. The molecule has 3 aromatic carbocycles. The van der Waals surface area contributed by atoms with Crippen molar-refractivity contribution in [3.63, 3.8) is 0 Å². The fourth-order valence-electron chi connectivity index (χ4n) is 2.71. The van der Waals surface area contributed by atoms with Gasteiger partial charge >= 0.3 is 12.1 Å². The van der Waals surface area contributed by atoms with Crippen LogP contribution in [0, 0.1) is 11.6 Å². The molecule has 0 radical (unpaired) electrons. The van der Waals surface area contributed by atoms with E-state index in [1.54, 1.807) is 30.3 Å². The number of halogens is 2. The molecule has 1 amide bonds. The molecule has 3 rings (SSSR count). The molecule has 0 aliphatic rings. The molecule has 0 aliphatic heterocycles. The lowest BCUT2D eigenvalue weighted by atomic mass is 9.97. The van der Waals surface area contributed by atoms with Gasteiger partial charge in [-0.1, -0.05) is 24.3 Å². The fraction of sp³-hybridized carbons (Fsp3) is 0.0435. The van der Waals surface area contributed by atoms with Crippen LogP contribution >= 0.6 is 0 Å². The van der Waals surface area contributed by atoms with Crippen LogP contribution in [0.1, 0.15) is 21.5 Å². The third-order valence-electron chi connectivity index (χ3n) is 4.19. The van der Waals surface area contributed by atoms with Crippen LogP contribution in [0.5, 0.6) is 0 Å². The Balaban J connectivity index is 1.70. The zero-order valence-electron chi connectivity index (χ0n) is 15.6. The second kappa shape index (κ2) is 9.47. The van der Waals surface area contributed by atoms with Crippen molar-refractivity contribution in [2.75, 3.05) is 11.9 Å². The molecule has 0 fully saturated rings. The van der Waals surface area contributed by atoms with Crippen LogP contribution in [0.2, 0.25) is 0 Å². The average Bonchev–Trinajstić information content (AvgIpc) is 2.73. The van der Waals surface area contributed by atoms with Gasteiger partial charge in [-0.2, -0.15) is 0 Å². The number of nitrogens with one attached hydrogen (secondary N) is 1. The SMILES string of the molecule is O=C(Nc1ccc(C(=O)O)cc1)OCC=C(c1ccc(F)cc1)c1ccc(F)cc1. The summed E-state index contributed by atoms with van der Waals surface area (Å²) < 4.78 is 31.7. The van der Waals surface area contributed by atoms with Gasteiger partial charge in [-0.05, 0) is 71.3 Å². The summed E-state index contributed by atoms with van der Waals surface area (Å²) in [6.07, 6.45) is 0.903. The summed E-state index contributed by atoms with van der Waals surface area (Å²) in [5.74, 6) is -1.84. The monoisotopic (exact) mass is 409 g/mol. The first-order chi connectivity index (χ1) is 14.4. The van der Waals surface area contributed by atoms with Crippen LogP contribution in [-0.4, -0.2) is 23.8 Å². The van der Waals surface area contributed by atoms with Gasteiger partial charge in [-0.25, -0.2) is 18.4 Å². The molecule has 0 saturated heterocycles. The topological polar surface area (TPSA) is 75.6 Å². The third kappa shape index (κ3) is 5.51. The molecule has 5 nitrogen and oxygen atoms in total. The van der Waals surface area contributed by atoms with Crippen molar-refractivity contribution in [3.8, 4) is 0 Å². The summed E-state index contributed by atoms with van der Waals surface area (Å²) in [7, 11) is 0. The number of rotatable bonds is 6. The first-order valence-corrected chi connectivity index (χ1v) is 8.91. The molecular formula is C23H17F2NO4. The quantitative estimate of drug-likeness (QED) is 0.576. The zero-order chi connectivity index (χ0) is 21.5. The highest BCUT2D eigenvalue weighted by atomic mass is 19.1. The molecule has 0 spiro atoms. The normalized spacial score (nSPS) is 10.2. The van der Waals surface area contributed by atoms with Gasteiger partial charge in [0.1, 0.15) is 18.2 Å². The van der Waals surface area contributed by atoms with Crippen LogP contribution in [0.4, 0.5) is 19.3 Å². The molecule has 7 heteroatoms. The zero-order valence-corrected chi connectivity index (χ0v) is 15.6. The summed E-state index contributed by atoms with van der Waals surface area (Å²) >= 11 is 0. The van der Waals surface area contributed by atoms with Crippen LogP contribution in [0.15, 0.2) is 78.9 Å². The standard InChI is InChI=1S/C23H17F2NO4/c24-18-7-1-15(2-8-18)21(16-3-9-19(25)10-4-16)13-14-30-23(29)26-20-11-5-17(6-12-20)22(27)28/h1-13H,14H2,(H,26,29)(H,27,28). The van der Waals surface area contributed by atoms with E-state index in [0.29, 0.717) is 22.4 Å². The molecule has 0 aromatic heterocycles. The van der Waals surface area contributed by atoms with Crippen LogP contribution in [-0.2, 0) is 4.74 Å². The number of carboxylic acids is 1. The predicted molar refractivity (Wildman–Crippen MR) is 108 cm³/mol. The number of anilines is 1. The average molecular weight is 409 g/mol. The number of amides is 1. The van der Waals surface area contributed by atoms with E-state index in [2.05, 4.69) is 5.32 Å². The molecule has 30 heavy (non-hydrogen) atoms. The fourth-order valence-corrected chi connectivity index (χ4v) is 2.71. The number of aromatic carboxylic acids is 1. The minimum absolute atomic E-state index is 0.0941. The summed E-state index contributed by atoms with van der Waals surface area (Å²) in [5, 5.41) is 11.4. The van der Waals surface area contributed by atoms with E-state index < -0.39 is 12.1 Å². The lowest BCUT2D eigenvalue weighted by Gasteiger charge is -2.10. The largest absolute Gasteiger partial charge is 0.478 e. The number of carbonyl (C=O) groups excluding carboxylic acids is 1. The molecular weight excluding hydrogens is 392 g/mol. The highest BCUT2D eigenvalue weighted by molar-refractivity contribution is 5.89. The lowest BCUT2D eigenvalue weighted by Crippen LogP contribution is -2.14. The van der Waals surface area contributed by atoms with Gasteiger partial charge in [-0.15, -0.1) is 0 Å². The van der Waals surface area contributed by atoms with Gasteiger partial charge in [0.15, 0.2) is 0 Å². The summed E-state index contributed by atoms with van der Waals surface area (Å²) in [5.41, 5.74) is 2.48. The van der Waals surface area contributed by atoms with Gasteiger partial charge in [0.05, 0.1) is 5.56 Å². The van der Waals surface area contributed by atoms with E-state index >= 15 is 0 Å². The van der Waals surface area contributed by atoms with E-state index in [1.807, 2.05) is 0 Å². The van der Waals surface area contributed by atoms with Crippen molar-refractivity contribution < 1.29 is 28.2 Å². The Morgan fingerprint density at radius 1 is 0.800 bits per heavy atom. The van der Waals surface area contributed by atoms with E-state index in [-0.39, 0.29) is 23.8 Å². The maximum absolute atomic E-state index is 13.3. The molecule has 2 N–H and O–H groups in total. The van der Waals surface area contributed by atoms with Gasteiger partial charge in [0, 0.05) is 5.69 Å². The molecule has 0 saturated carbocycles. The van der Waals surface area contributed by atoms with Crippen LogP contribution in [0.3, 0.4) is 0 Å². The maximum atomic E-state index is 13.3. The first-order valence-electron chi connectivity index (χ1n) is 8.91. The Morgan fingerprint density at radius 2 is 1.27 bits per heavy atom. The lowest BCUT2D eigenvalue weighted by molar-refractivity contribution is 0.0697. The molecule has 0 aliphatic carbocycles. The number of ether oxygens (including phenoxy) is 1. The van der Waals surface area contributed by atoms with E-state index in [1.165, 1.54) is 48.5 Å². The smallest absolute Gasteiger partial charge is 0.411 e. The highest BCUT2D eigenvalue weighted by Gasteiger charge is 2.08. The van der Waals surface area contributed by atoms with Gasteiger partial charge in [0.25, 0.3) is 0 Å². The minimum atomic E-state index is -1.07. The number of hydrogen-bond donors (Lipinski definition) is 2. The number of benzene rings is 3.